The molecule has 0 fully saturated rings. The Morgan fingerprint density at radius 3 is 2.68 bits per heavy atom. The van der Waals surface area contributed by atoms with Crippen molar-refractivity contribution in [3.05, 3.63) is 24.3 Å². The molecule has 0 spiro atoms. The van der Waals surface area contributed by atoms with Crippen LogP contribution in [0.3, 0.4) is 0 Å². The molecule has 19 heavy (non-hydrogen) atoms. The molecule has 2 amide bonds. The number of carbonyl (C=O) groups is 2. The van der Waals surface area contributed by atoms with Crippen LogP contribution in [0.25, 0.3) is 0 Å². The first-order chi connectivity index (χ1) is 9.04. The van der Waals surface area contributed by atoms with E-state index in [4.69, 9.17) is 5.11 Å². The number of anilines is 1. The van der Waals surface area contributed by atoms with Gasteiger partial charge in [-0.1, -0.05) is 19.1 Å². The third kappa shape index (κ3) is 5.21. The lowest BCUT2D eigenvalue weighted by atomic mass is 10.1. The third-order valence-corrected chi connectivity index (χ3v) is 3.44. The second-order valence-electron chi connectivity index (χ2n) is 4.11. The van der Waals surface area contributed by atoms with Crippen LogP contribution in [-0.2, 0) is 4.79 Å². The minimum absolute atomic E-state index is 0.320. The monoisotopic (exact) mass is 282 g/mol. The van der Waals surface area contributed by atoms with E-state index in [-0.39, 0.29) is 6.03 Å². The summed E-state index contributed by atoms with van der Waals surface area (Å²) in [5, 5.41) is 14.1. The van der Waals surface area contributed by atoms with Crippen molar-refractivity contribution in [3.63, 3.8) is 0 Å². The molecule has 1 unspecified atom stereocenters. The molecular formula is C13H18N2O3S. The van der Waals surface area contributed by atoms with E-state index < -0.39 is 11.9 Å². The first-order valence-electron chi connectivity index (χ1n) is 5.95. The summed E-state index contributed by atoms with van der Waals surface area (Å²) < 4.78 is 0. The van der Waals surface area contributed by atoms with Gasteiger partial charge in [0, 0.05) is 11.4 Å². The quantitative estimate of drug-likeness (QED) is 0.701. The molecule has 0 aromatic heterocycles. The van der Waals surface area contributed by atoms with Crippen LogP contribution >= 0.6 is 11.8 Å². The first-order valence-corrected chi connectivity index (χ1v) is 7.17. The minimum atomic E-state index is -0.852. The van der Waals surface area contributed by atoms with Crippen molar-refractivity contribution < 1.29 is 14.7 Å². The number of rotatable bonds is 6. The van der Waals surface area contributed by atoms with E-state index in [1.165, 1.54) is 0 Å². The van der Waals surface area contributed by atoms with Crippen molar-refractivity contribution in [1.29, 1.82) is 0 Å². The summed E-state index contributed by atoms with van der Waals surface area (Å²) >= 11 is 1.55. The molecule has 0 radical (unpaired) electrons. The topological polar surface area (TPSA) is 78.4 Å². The Balaban J connectivity index is 2.41. The summed E-state index contributed by atoms with van der Waals surface area (Å²) in [6, 6.07) is 7.18. The molecule has 1 aromatic carbocycles. The Morgan fingerprint density at radius 1 is 1.37 bits per heavy atom. The lowest BCUT2D eigenvalue weighted by Crippen LogP contribution is -2.31. The number of hydrogen-bond acceptors (Lipinski definition) is 3. The SMILES string of the molecule is CSc1ccccc1NC(=O)NCCC(C)C(=O)O. The van der Waals surface area contributed by atoms with Crippen LogP contribution in [0.15, 0.2) is 29.2 Å². The fraction of sp³-hybridized carbons (Fsp3) is 0.385. The van der Waals surface area contributed by atoms with E-state index in [0.717, 1.165) is 10.6 Å². The van der Waals surface area contributed by atoms with Gasteiger partial charge in [-0.2, -0.15) is 0 Å². The maximum Gasteiger partial charge on any atom is 0.319 e. The lowest BCUT2D eigenvalue weighted by Gasteiger charge is -2.11. The van der Waals surface area contributed by atoms with Crippen LogP contribution in [0.4, 0.5) is 10.5 Å². The molecule has 0 saturated carbocycles. The molecule has 0 bridgehead atoms. The number of carboxylic acid groups (broad SMARTS) is 1. The van der Waals surface area contributed by atoms with Crippen LogP contribution in [0.5, 0.6) is 0 Å². The minimum Gasteiger partial charge on any atom is -0.481 e. The molecule has 1 atom stereocenters. The third-order valence-electron chi connectivity index (χ3n) is 2.64. The van der Waals surface area contributed by atoms with Gasteiger partial charge >= 0.3 is 12.0 Å². The number of thioether (sulfide) groups is 1. The summed E-state index contributed by atoms with van der Waals surface area (Å²) in [6.45, 7) is 1.95. The van der Waals surface area contributed by atoms with Crippen LogP contribution < -0.4 is 10.6 Å². The standard InChI is InChI=1S/C13H18N2O3S/c1-9(12(16)17)7-8-14-13(18)15-10-5-3-4-6-11(10)19-2/h3-6,9H,7-8H2,1-2H3,(H,16,17)(H2,14,15,18). The van der Waals surface area contributed by atoms with Gasteiger partial charge in [-0.3, -0.25) is 4.79 Å². The van der Waals surface area contributed by atoms with Gasteiger partial charge in [0.25, 0.3) is 0 Å². The van der Waals surface area contributed by atoms with E-state index in [1.54, 1.807) is 18.7 Å². The van der Waals surface area contributed by atoms with Crippen molar-refractivity contribution in [2.45, 2.75) is 18.2 Å². The number of carbonyl (C=O) groups excluding carboxylic acids is 1. The van der Waals surface area contributed by atoms with E-state index in [9.17, 15) is 9.59 Å². The zero-order valence-electron chi connectivity index (χ0n) is 11.0. The molecule has 0 aliphatic heterocycles. The largest absolute Gasteiger partial charge is 0.481 e. The van der Waals surface area contributed by atoms with Gasteiger partial charge in [-0.05, 0) is 24.8 Å². The summed E-state index contributed by atoms with van der Waals surface area (Å²) in [5.74, 6) is -1.31. The van der Waals surface area contributed by atoms with E-state index in [0.29, 0.717) is 13.0 Å². The highest BCUT2D eigenvalue weighted by atomic mass is 32.2. The second kappa shape index (κ2) is 7.68. The average molecular weight is 282 g/mol. The molecule has 0 heterocycles. The van der Waals surface area contributed by atoms with Gasteiger partial charge in [0.2, 0.25) is 0 Å². The number of carboxylic acids is 1. The average Bonchev–Trinajstić information content (AvgIpc) is 2.39. The fourth-order valence-corrected chi connectivity index (χ4v) is 1.99. The summed E-state index contributed by atoms with van der Waals surface area (Å²) in [4.78, 5) is 23.3. The Labute approximate surface area is 116 Å². The predicted molar refractivity (Wildman–Crippen MR) is 76.7 cm³/mol. The molecule has 0 saturated heterocycles. The van der Waals surface area contributed by atoms with Gasteiger partial charge in [0.05, 0.1) is 11.6 Å². The zero-order valence-corrected chi connectivity index (χ0v) is 11.8. The fourth-order valence-electron chi connectivity index (χ4n) is 1.44. The van der Waals surface area contributed by atoms with Crippen LogP contribution in [0.1, 0.15) is 13.3 Å². The number of nitrogens with one attached hydrogen (secondary N) is 2. The summed E-state index contributed by atoms with van der Waals surface area (Å²) in [5.41, 5.74) is 0.749. The molecule has 104 valence electrons. The number of aliphatic carboxylic acids is 1. The summed E-state index contributed by atoms with van der Waals surface area (Å²) in [7, 11) is 0. The summed E-state index contributed by atoms with van der Waals surface area (Å²) in [6.07, 6.45) is 2.35. The molecule has 1 rings (SSSR count). The highest BCUT2D eigenvalue weighted by Crippen LogP contribution is 2.24. The van der Waals surface area contributed by atoms with Crippen LogP contribution in [-0.4, -0.2) is 29.9 Å². The smallest absolute Gasteiger partial charge is 0.319 e. The van der Waals surface area contributed by atoms with Gasteiger partial charge in [0.1, 0.15) is 0 Å². The van der Waals surface area contributed by atoms with E-state index in [2.05, 4.69) is 10.6 Å². The van der Waals surface area contributed by atoms with Crippen LogP contribution in [0.2, 0.25) is 0 Å². The maximum absolute atomic E-state index is 11.7. The Hall–Kier alpha value is -1.69. The predicted octanol–water partition coefficient (Wildman–Crippen LogP) is 2.64. The van der Waals surface area contributed by atoms with E-state index >= 15 is 0 Å². The Bertz CT molecular complexity index is 451. The van der Waals surface area contributed by atoms with Crippen molar-refractivity contribution in [2.24, 2.45) is 5.92 Å². The number of para-hydroxylation sites is 1. The number of hydrogen-bond donors (Lipinski definition) is 3. The number of urea groups is 1. The normalized spacial score (nSPS) is 11.7. The van der Waals surface area contributed by atoms with Crippen molar-refractivity contribution in [2.75, 3.05) is 18.1 Å². The molecule has 5 nitrogen and oxygen atoms in total. The maximum atomic E-state index is 11.7. The number of amides is 2. The van der Waals surface area contributed by atoms with Crippen LogP contribution in [0, 0.1) is 5.92 Å². The molecule has 1 aromatic rings. The van der Waals surface area contributed by atoms with Gasteiger partial charge in [-0.25, -0.2) is 4.79 Å². The molecule has 6 heteroatoms. The van der Waals surface area contributed by atoms with Crippen molar-refractivity contribution in [3.8, 4) is 0 Å². The highest BCUT2D eigenvalue weighted by Gasteiger charge is 2.11. The molecule has 0 aliphatic rings. The highest BCUT2D eigenvalue weighted by molar-refractivity contribution is 7.98. The zero-order chi connectivity index (χ0) is 14.3. The first kappa shape index (κ1) is 15.4. The van der Waals surface area contributed by atoms with Gasteiger partial charge in [-0.15, -0.1) is 11.8 Å². The Morgan fingerprint density at radius 2 is 2.05 bits per heavy atom. The Kier molecular flexibility index (Phi) is 6.21. The molecular weight excluding hydrogens is 264 g/mol. The van der Waals surface area contributed by atoms with Crippen molar-refractivity contribution in [1.82, 2.24) is 5.32 Å². The van der Waals surface area contributed by atoms with Crippen molar-refractivity contribution >= 4 is 29.4 Å². The van der Waals surface area contributed by atoms with Gasteiger partial charge < -0.3 is 15.7 Å². The van der Waals surface area contributed by atoms with E-state index in [1.807, 2.05) is 30.5 Å². The lowest BCUT2D eigenvalue weighted by molar-refractivity contribution is -0.141. The molecule has 3 N–H and O–H groups in total. The number of benzene rings is 1. The van der Waals surface area contributed by atoms with Gasteiger partial charge in [0.15, 0.2) is 0 Å². The second-order valence-corrected chi connectivity index (χ2v) is 4.96. The molecule has 0 aliphatic carbocycles.